The first-order valence-electron chi connectivity index (χ1n) is 9.88. The number of likely N-dealkylation sites (N-methyl/N-ethyl adjacent to an activating group) is 1. The van der Waals surface area contributed by atoms with Crippen LogP contribution in [0.15, 0.2) is 42.5 Å². The smallest absolute Gasteiger partial charge is 0.0487 e. The Morgan fingerprint density at radius 1 is 1.00 bits per heavy atom. The van der Waals surface area contributed by atoms with Crippen molar-refractivity contribution in [2.24, 2.45) is 0 Å². The Morgan fingerprint density at radius 3 is 2.59 bits per heavy atom. The summed E-state index contributed by atoms with van der Waals surface area (Å²) >= 11 is 12.4. The van der Waals surface area contributed by atoms with Gasteiger partial charge in [-0.15, -0.1) is 0 Å². The van der Waals surface area contributed by atoms with Gasteiger partial charge in [0.2, 0.25) is 0 Å². The quantitative estimate of drug-likeness (QED) is 0.502. The lowest BCUT2D eigenvalue weighted by Crippen LogP contribution is -2.34. The maximum Gasteiger partial charge on any atom is 0.0487 e. The predicted molar refractivity (Wildman–Crippen MR) is 114 cm³/mol. The van der Waals surface area contributed by atoms with Crippen LogP contribution in [0.4, 0.5) is 0 Å². The number of fused-ring (bicyclic) bond motifs is 6. The normalized spacial score (nSPS) is 21.7. The molecule has 2 bridgehead atoms. The van der Waals surface area contributed by atoms with Gasteiger partial charge in [-0.05, 0) is 74.2 Å². The highest BCUT2D eigenvalue weighted by Gasteiger charge is 2.40. The second-order valence-electron chi connectivity index (χ2n) is 8.02. The first kappa shape index (κ1) is 17.6. The number of halogens is 2. The van der Waals surface area contributed by atoms with Gasteiger partial charge in [0, 0.05) is 51.7 Å². The van der Waals surface area contributed by atoms with Crippen LogP contribution in [0.5, 0.6) is 0 Å². The summed E-state index contributed by atoms with van der Waals surface area (Å²) in [5.74, 6) is 0. The Labute approximate surface area is 170 Å². The van der Waals surface area contributed by atoms with Gasteiger partial charge in [0.05, 0.1) is 0 Å². The molecular weight excluding hydrogens is 375 g/mol. The number of nitrogens with zero attached hydrogens (tertiary/aromatic N) is 2. The molecule has 2 atom stereocenters. The predicted octanol–water partition coefficient (Wildman–Crippen LogP) is 6.27. The van der Waals surface area contributed by atoms with E-state index in [0.29, 0.717) is 12.1 Å². The van der Waals surface area contributed by atoms with Crippen molar-refractivity contribution in [3.05, 3.63) is 69.3 Å². The van der Waals surface area contributed by atoms with E-state index in [1.165, 1.54) is 34.9 Å². The largest absolute Gasteiger partial charge is 0.344 e. The summed E-state index contributed by atoms with van der Waals surface area (Å²) in [6, 6.07) is 15.9. The number of aromatic nitrogens is 1. The molecule has 0 aliphatic carbocycles. The summed E-state index contributed by atoms with van der Waals surface area (Å²) in [6.45, 7) is 1.05. The molecule has 5 rings (SSSR count). The number of hydrogen-bond donors (Lipinski definition) is 0. The van der Waals surface area contributed by atoms with Crippen LogP contribution in [0.2, 0.25) is 10.0 Å². The Hall–Kier alpha value is -1.48. The first-order valence-corrected chi connectivity index (χ1v) is 10.6. The molecule has 2 aliphatic rings. The Balaban J connectivity index is 1.49. The van der Waals surface area contributed by atoms with Crippen molar-refractivity contribution < 1.29 is 0 Å². The van der Waals surface area contributed by atoms with E-state index in [4.69, 9.17) is 23.2 Å². The molecule has 1 saturated heterocycles. The molecule has 4 heteroatoms. The fourth-order valence-electron chi connectivity index (χ4n) is 5.17. The molecule has 3 aromatic rings. The number of aryl methyl sites for hydroxylation is 2. The van der Waals surface area contributed by atoms with E-state index in [0.717, 1.165) is 35.9 Å². The van der Waals surface area contributed by atoms with Crippen molar-refractivity contribution in [1.82, 2.24) is 9.47 Å². The molecule has 1 fully saturated rings. The molecule has 0 saturated carbocycles. The maximum absolute atomic E-state index is 6.37. The van der Waals surface area contributed by atoms with Crippen LogP contribution in [0, 0.1) is 0 Å². The van der Waals surface area contributed by atoms with Gasteiger partial charge in [-0.1, -0.05) is 35.3 Å². The van der Waals surface area contributed by atoms with E-state index in [1.54, 1.807) is 5.69 Å². The summed E-state index contributed by atoms with van der Waals surface area (Å²) in [7, 11) is 2.29. The van der Waals surface area contributed by atoms with Gasteiger partial charge in [0.25, 0.3) is 0 Å². The Bertz CT molecular complexity index is 990. The standard InChI is InChI=1S/C23H24Cl2N2/c1-26-18-9-11-21(26)23-19-13-17(25)8-10-20(19)27(22(23)14-18)12-2-3-15-4-6-16(24)7-5-15/h4-8,10,13,18,21H,2-3,9,11-12,14H2,1H3. The molecule has 2 nitrogen and oxygen atoms in total. The zero-order chi connectivity index (χ0) is 18.5. The van der Waals surface area contributed by atoms with Gasteiger partial charge in [-0.3, -0.25) is 4.90 Å². The SMILES string of the molecule is CN1C2CCC1c1c(n(CCCc3ccc(Cl)cc3)c3ccc(Cl)cc13)C2. The molecule has 0 amide bonds. The third-order valence-corrected chi connectivity index (χ3v) is 7.03. The van der Waals surface area contributed by atoms with Gasteiger partial charge >= 0.3 is 0 Å². The van der Waals surface area contributed by atoms with Crippen LogP contribution in [0.1, 0.15) is 42.1 Å². The van der Waals surface area contributed by atoms with Crippen molar-refractivity contribution in [2.45, 2.75) is 50.7 Å². The van der Waals surface area contributed by atoms with Gasteiger partial charge in [0.1, 0.15) is 0 Å². The molecule has 1 aromatic heterocycles. The van der Waals surface area contributed by atoms with Crippen LogP contribution >= 0.6 is 23.2 Å². The molecule has 140 valence electrons. The molecule has 3 heterocycles. The molecule has 0 radical (unpaired) electrons. The zero-order valence-electron chi connectivity index (χ0n) is 15.6. The van der Waals surface area contributed by atoms with Crippen LogP contribution in [0.3, 0.4) is 0 Å². The van der Waals surface area contributed by atoms with E-state index in [9.17, 15) is 0 Å². The van der Waals surface area contributed by atoms with Gasteiger partial charge < -0.3 is 4.57 Å². The highest BCUT2D eigenvalue weighted by molar-refractivity contribution is 6.31. The molecule has 2 aliphatic heterocycles. The van der Waals surface area contributed by atoms with E-state index < -0.39 is 0 Å². The topological polar surface area (TPSA) is 8.17 Å². The minimum atomic E-state index is 0.553. The van der Waals surface area contributed by atoms with Gasteiger partial charge in [0.15, 0.2) is 0 Å². The molecule has 0 spiro atoms. The van der Waals surface area contributed by atoms with Crippen molar-refractivity contribution in [1.29, 1.82) is 0 Å². The van der Waals surface area contributed by atoms with E-state index in [2.05, 4.69) is 40.8 Å². The van der Waals surface area contributed by atoms with Crippen molar-refractivity contribution in [3.8, 4) is 0 Å². The number of hydrogen-bond acceptors (Lipinski definition) is 1. The summed E-state index contributed by atoms with van der Waals surface area (Å²) in [6.07, 6.45) is 5.94. The summed E-state index contributed by atoms with van der Waals surface area (Å²) in [5, 5.41) is 3.01. The Morgan fingerprint density at radius 2 is 1.78 bits per heavy atom. The number of rotatable bonds is 4. The fraction of sp³-hybridized carbons (Fsp3) is 0.391. The average molecular weight is 399 g/mol. The minimum Gasteiger partial charge on any atom is -0.344 e. The van der Waals surface area contributed by atoms with Gasteiger partial charge in [-0.2, -0.15) is 0 Å². The fourth-order valence-corrected chi connectivity index (χ4v) is 5.47. The maximum atomic E-state index is 6.37. The van der Waals surface area contributed by atoms with Crippen LogP contribution in [-0.2, 0) is 19.4 Å². The van der Waals surface area contributed by atoms with Crippen LogP contribution in [0.25, 0.3) is 10.9 Å². The molecule has 27 heavy (non-hydrogen) atoms. The third kappa shape index (κ3) is 2.99. The molecule has 2 unspecified atom stereocenters. The zero-order valence-corrected chi connectivity index (χ0v) is 17.1. The molecule has 0 N–H and O–H groups in total. The van der Waals surface area contributed by atoms with E-state index in [-0.39, 0.29) is 0 Å². The lowest BCUT2D eigenvalue weighted by atomic mass is 9.97. The van der Waals surface area contributed by atoms with Crippen LogP contribution in [-0.4, -0.2) is 22.6 Å². The monoisotopic (exact) mass is 398 g/mol. The second kappa shape index (κ2) is 6.84. The lowest BCUT2D eigenvalue weighted by Gasteiger charge is -2.32. The summed E-state index contributed by atoms with van der Waals surface area (Å²) in [4.78, 5) is 2.58. The van der Waals surface area contributed by atoms with E-state index >= 15 is 0 Å². The summed E-state index contributed by atoms with van der Waals surface area (Å²) in [5.41, 5.74) is 5.79. The summed E-state index contributed by atoms with van der Waals surface area (Å²) < 4.78 is 2.58. The van der Waals surface area contributed by atoms with Crippen LogP contribution < -0.4 is 0 Å². The molecular formula is C23H24Cl2N2. The van der Waals surface area contributed by atoms with Crippen molar-refractivity contribution in [3.63, 3.8) is 0 Å². The number of benzene rings is 2. The molecule has 2 aromatic carbocycles. The van der Waals surface area contributed by atoms with Crippen molar-refractivity contribution >= 4 is 34.1 Å². The Kier molecular flexibility index (Phi) is 4.46. The highest BCUT2D eigenvalue weighted by atomic mass is 35.5. The first-order chi connectivity index (χ1) is 13.1. The van der Waals surface area contributed by atoms with Crippen molar-refractivity contribution in [2.75, 3.05) is 7.05 Å². The third-order valence-electron chi connectivity index (χ3n) is 6.54. The second-order valence-corrected chi connectivity index (χ2v) is 8.89. The highest BCUT2D eigenvalue weighted by Crippen LogP contribution is 2.47. The average Bonchev–Trinajstić information content (AvgIpc) is 3.07. The lowest BCUT2D eigenvalue weighted by molar-refractivity contribution is 0.222. The van der Waals surface area contributed by atoms with Gasteiger partial charge in [-0.25, -0.2) is 0 Å². The minimum absolute atomic E-state index is 0.553. The van der Waals surface area contributed by atoms with E-state index in [1.807, 2.05) is 18.2 Å².